The minimum atomic E-state index is 0.0136. The summed E-state index contributed by atoms with van der Waals surface area (Å²) >= 11 is 0. The van der Waals surface area contributed by atoms with E-state index in [-0.39, 0.29) is 11.7 Å². The Kier molecular flexibility index (Phi) is 4.88. The summed E-state index contributed by atoms with van der Waals surface area (Å²) in [6.45, 7) is 0.658. The molecule has 1 heterocycles. The third-order valence-corrected chi connectivity index (χ3v) is 4.31. The summed E-state index contributed by atoms with van der Waals surface area (Å²) < 4.78 is 5.51. The van der Waals surface area contributed by atoms with Crippen LogP contribution in [0.25, 0.3) is 0 Å². The van der Waals surface area contributed by atoms with Crippen molar-refractivity contribution in [3.05, 3.63) is 48.0 Å². The van der Waals surface area contributed by atoms with Crippen LogP contribution in [0.1, 0.15) is 54.8 Å². The van der Waals surface area contributed by atoms with Gasteiger partial charge in [0.25, 0.3) is 5.89 Å². The van der Waals surface area contributed by atoms with E-state index in [0.29, 0.717) is 18.8 Å². The monoisotopic (exact) mass is 298 g/mol. The highest BCUT2D eigenvalue weighted by molar-refractivity contribution is 5.91. The molecule has 0 atom stereocenters. The smallest absolute Gasteiger partial charge is 0.264 e. The van der Waals surface area contributed by atoms with E-state index in [9.17, 15) is 4.79 Å². The van der Waals surface area contributed by atoms with Crippen LogP contribution in [-0.4, -0.2) is 10.8 Å². The molecule has 1 aliphatic carbocycles. The molecule has 3 rings (SSSR count). The zero-order valence-electron chi connectivity index (χ0n) is 12.8. The Balaban J connectivity index is 1.48. The summed E-state index contributed by atoms with van der Waals surface area (Å²) in [5.41, 5.74) is 1.16. The van der Waals surface area contributed by atoms with Crippen molar-refractivity contribution in [3.63, 3.8) is 0 Å². The lowest BCUT2D eigenvalue weighted by Crippen LogP contribution is -2.03. The first-order chi connectivity index (χ1) is 10.8. The van der Waals surface area contributed by atoms with Crippen LogP contribution in [0.5, 0.6) is 0 Å². The molecule has 0 aliphatic heterocycles. The largest absolute Gasteiger partial charge is 0.418 e. The SMILES string of the molecule is O=C(CCC1CCCC1)c1ncc(NCc2ccccc2)o1. The van der Waals surface area contributed by atoms with E-state index in [2.05, 4.69) is 10.3 Å². The van der Waals surface area contributed by atoms with Crippen molar-refractivity contribution in [3.8, 4) is 0 Å². The summed E-state index contributed by atoms with van der Waals surface area (Å²) in [5.74, 6) is 1.51. The third kappa shape index (κ3) is 3.97. The molecule has 0 amide bonds. The molecular weight excluding hydrogens is 276 g/mol. The molecule has 0 radical (unpaired) electrons. The average molecular weight is 298 g/mol. The quantitative estimate of drug-likeness (QED) is 0.768. The molecule has 1 aliphatic rings. The van der Waals surface area contributed by atoms with E-state index in [1.165, 1.54) is 25.7 Å². The highest BCUT2D eigenvalue weighted by Gasteiger charge is 2.19. The van der Waals surface area contributed by atoms with Gasteiger partial charge in [-0.15, -0.1) is 0 Å². The van der Waals surface area contributed by atoms with Crippen molar-refractivity contribution in [1.29, 1.82) is 0 Å². The standard InChI is InChI=1S/C18H22N2O2/c21-16(11-10-14-6-4-5-7-14)18-20-13-17(22-18)19-12-15-8-2-1-3-9-15/h1-3,8-9,13-14,19H,4-7,10-12H2. The number of ketones is 1. The predicted octanol–water partition coefficient (Wildman–Crippen LogP) is 4.44. The summed E-state index contributed by atoms with van der Waals surface area (Å²) in [6.07, 6.45) is 8.26. The van der Waals surface area contributed by atoms with Gasteiger partial charge in [-0.05, 0) is 17.9 Å². The fourth-order valence-corrected chi connectivity index (χ4v) is 3.01. The van der Waals surface area contributed by atoms with Gasteiger partial charge in [-0.25, -0.2) is 4.98 Å². The van der Waals surface area contributed by atoms with Crippen LogP contribution in [0.3, 0.4) is 0 Å². The molecule has 0 saturated heterocycles. The van der Waals surface area contributed by atoms with Crippen molar-refractivity contribution in [2.75, 3.05) is 5.32 Å². The number of nitrogens with one attached hydrogen (secondary N) is 1. The van der Waals surface area contributed by atoms with Gasteiger partial charge in [-0.3, -0.25) is 4.79 Å². The Morgan fingerprint density at radius 1 is 1.23 bits per heavy atom. The second kappa shape index (κ2) is 7.25. The van der Waals surface area contributed by atoms with E-state index in [4.69, 9.17) is 4.42 Å². The molecule has 2 aromatic rings. The lowest BCUT2D eigenvalue weighted by Gasteiger charge is -2.06. The van der Waals surface area contributed by atoms with Crippen molar-refractivity contribution < 1.29 is 9.21 Å². The Hall–Kier alpha value is -2.10. The van der Waals surface area contributed by atoms with Crippen LogP contribution in [-0.2, 0) is 6.54 Å². The Labute approximate surface area is 130 Å². The van der Waals surface area contributed by atoms with Crippen molar-refractivity contribution in [1.82, 2.24) is 4.98 Å². The normalized spacial score (nSPS) is 15.1. The zero-order chi connectivity index (χ0) is 15.2. The van der Waals surface area contributed by atoms with Crippen LogP contribution in [0.15, 0.2) is 40.9 Å². The number of hydrogen-bond acceptors (Lipinski definition) is 4. The number of hydrogen-bond donors (Lipinski definition) is 1. The van der Waals surface area contributed by atoms with Crippen LogP contribution in [0.4, 0.5) is 5.88 Å². The zero-order valence-corrected chi connectivity index (χ0v) is 12.8. The fourth-order valence-electron chi connectivity index (χ4n) is 3.01. The first-order valence-corrected chi connectivity index (χ1v) is 8.08. The molecule has 1 N–H and O–H groups in total. The maximum Gasteiger partial charge on any atom is 0.264 e. The number of Topliss-reactive ketones (excluding diaryl/α,β-unsaturated/α-hetero) is 1. The van der Waals surface area contributed by atoms with Crippen LogP contribution >= 0.6 is 0 Å². The maximum atomic E-state index is 12.1. The van der Waals surface area contributed by atoms with Gasteiger partial charge >= 0.3 is 0 Å². The molecule has 1 aromatic heterocycles. The number of nitrogens with zero attached hydrogens (tertiary/aromatic N) is 1. The predicted molar refractivity (Wildman–Crippen MR) is 85.8 cm³/mol. The molecule has 116 valence electrons. The summed E-state index contributed by atoms with van der Waals surface area (Å²) in [7, 11) is 0. The second-order valence-corrected chi connectivity index (χ2v) is 5.98. The van der Waals surface area contributed by atoms with Gasteiger partial charge < -0.3 is 9.73 Å². The first-order valence-electron chi connectivity index (χ1n) is 8.08. The number of carbonyl (C=O) groups excluding carboxylic acids is 1. The maximum absolute atomic E-state index is 12.1. The van der Waals surface area contributed by atoms with Gasteiger partial charge in [0.2, 0.25) is 11.7 Å². The molecule has 0 spiro atoms. The molecular formula is C18H22N2O2. The highest BCUT2D eigenvalue weighted by Crippen LogP contribution is 2.29. The van der Waals surface area contributed by atoms with Crippen molar-refractivity contribution in [2.24, 2.45) is 5.92 Å². The Morgan fingerprint density at radius 2 is 2.00 bits per heavy atom. The van der Waals surface area contributed by atoms with E-state index >= 15 is 0 Å². The highest BCUT2D eigenvalue weighted by atomic mass is 16.4. The minimum Gasteiger partial charge on any atom is -0.418 e. The van der Waals surface area contributed by atoms with Crippen molar-refractivity contribution in [2.45, 2.75) is 45.1 Å². The van der Waals surface area contributed by atoms with E-state index in [1.54, 1.807) is 6.20 Å². The van der Waals surface area contributed by atoms with E-state index < -0.39 is 0 Å². The molecule has 1 aromatic carbocycles. The number of carbonyl (C=O) groups is 1. The van der Waals surface area contributed by atoms with Crippen molar-refractivity contribution >= 4 is 11.7 Å². The van der Waals surface area contributed by atoms with Gasteiger partial charge in [0.1, 0.15) is 0 Å². The average Bonchev–Trinajstić information content (AvgIpc) is 3.23. The number of oxazole rings is 1. The van der Waals surface area contributed by atoms with Gasteiger partial charge in [0.05, 0.1) is 6.20 Å². The third-order valence-electron chi connectivity index (χ3n) is 4.31. The minimum absolute atomic E-state index is 0.0136. The van der Waals surface area contributed by atoms with E-state index in [0.717, 1.165) is 17.9 Å². The Morgan fingerprint density at radius 3 is 2.77 bits per heavy atom. The number of aromatic nitrogens is 1. The van der Waals surface area contributed by atoms with Crippen LogP contribution in [0.2, 0.25) is 0 Å². The van der Waals surface area contributed by atoms with Gasteiger partial charge in [-0.2, -0.15) is 0 Å². The number of benzene rings is 1. The molecule has 0 unspecified atom stereocenters. The molecule has 22 heavy (non-hydrogen) atoms. The first kappa shape index (κ1) is 14.8. The molecule has 0 bridgehead atoms. The van der Waals surface area contributed by atoms with E-state index in [1.807, 2.05) is 30.3 Å². The Bertz CT molecular complexity index is 601. The van der Waals surface area contributed by atoms with Gasteiger partial charge in [0.15, 0.2) is 0 Å². The second-order valence-electron chi connectivity index (χ2n) is 5.98. The van der Waals surface area contributed by atoms with Gasteiger partial charge in [-0.1, -0.05) is 56.0 Å². The lowest BCUT2D eigenvalue weighted by molar-refractivity contribution is 0.0941. The molecule has 4 nitrogen and oxygen atoms in total. The van der Waals surface area contributed by atoms with Crippen LogP contribution < -0.4 is 5.32 Å². The molecule has 1 saturated carbocycles. The lowest BCUT2D eigenvalue weighted by atomic mass is 10.0. The summed E-state index contributed by atoms with van der Waals surface area (Å²) in [4.78, 5) is 16.2. The number of rotatable bonds is 7. The number of anilines is 1. The topological polar surface area (TPSA) is 55.1 Å². The summed E-state index contributed by atoms with van der Waals surface area (Å²) in [5, 5.41) is 3.15. The summed E-state index contributed by atoms with van der Waals surface area (Å²) in [6, 6.07) is 10.1. The van der Waals surface area contributed by atoms with Crippen LogP contribution in [0, 0.1) is 5.92 Å². The molecule has 1 fully saturated rings. The fraction of sp³-hybridized carbons (Fsp3) is 0.444. The van der Waals surface area contributed by atoms with Gasteiger partial charge in [0, 0.05) is 13.0 Å². The molecule has 4 heteroatoms.